The van der Waals surface area contributed by atoms with Gasteiger partial charge < -0.3 is 5.73 Å². The molecule has 1 fully saturated rings. The molecule has 68 valence electrons. The molecule has 0 bridgehead atoms. The fourth-order valence-corrected chi connectivity index (χ4v) is 2.94. The number of rotatable bonds is 0. The summed E-state index contributed by atoms with van der Waals surface area (Å²) in [6.45, 7) is 2.26. The van der Waals surface area contributed by atoms with E-state index in [2.05, 4.69) is 31.2 Å². The Hall–Kier alpha value is -0.820. The molecular formula is C12H15N. The van der Waals surface area contributed by atoms with E-state index in [1.165, 1.54) is 24.0 Å². The minimum Gasteiger partial charge on any atom is -0.326 e. The van der Waals surface area contributed by atoms with Crippen molar-refractivity contribution in [2.75, 3.05) is 0 Å². The van der Waals surface area contributed by atoms with Gasteiger partial charge in [0.1, 0.15) is 0 Å². The minimum absolute atomic E-state index is 0.366. The van der Waals surface area contributed by atoms with Crippen molar-refractivity contribution in [1.82, 2.24) is 0 Å². The van der Waals surface area contributed by atoms with Crippen LogP contribution in [-0.2, 0) is 5.41 Å². The summed E-state index contributed by atoms with van der Waals surface area (Å²) in [7, 11) is 0. The van der Waals surface area contributed by atoms with Crippen molar-refractivity contribution in [3.63, 3.8) is 0 Å². The number of benzene rings is 1. The maximum Gasteiger partial charge on any atom is 0.0203 e. The van der Waals surface area contributed by atoms with E-state index < -0.39 is 0 Å². The van der Waals surface area contributed by atoms with Gasteiger partial charge >= 0.3 is 0 Å². The van der Waals surface area contributed by atoms with Gasteiger partial charge in [0.2, 0.25) is 0 Å². The molecule has 1 nitrogen and oxygen atoms in total. The van der Waals surface area contributed by atoms with Gasteiger partial charge in [0, 0.05) is 11.5 Å². The number of nitrogens with two attached hydrogens (primary N) is 1. The van der Waals surface area contributed by atoms with Gasteiger partial charge in [-0.3, -0.25) is 0 Å². The molecule has 0 amide bonds. The average molecular weight is 173 g/mol. The van der Waals surface area contributed by atoms with E-state index in [4.69, 9.17) is 5.73 Å². The summed E-state index contributed by atoms with van der Waals surface area (Å²) < 4.78 is 0. The molecule has 2 atom stereocenters. The van der Waals surface area contributed by atoms with E-state index in [1.54, 1.807) is 0 Å². The lowest BCUT2D eigenvalue weighted by molar-refractivity contribution is 0.504. The molecule has 2 aliphatic rings. The number of hydrogen-bond donors (Lipinski definition) is 1. The predicted octanol–water partition coefficient (Wildman–Crippen LogP) is 2.16. The molecule has 2 N–H and O–H groups in total. The molecular weight excluding hydrogens is 158 g/mol. The Morgan fingerprint density at radius 2 is 2.00 bits per heavy atom. The average Bonchev–Trinajstić information content (AvgIpc) is 2.93. The van der Waals surface area contributed by atoms with Crippen molar-refractivity contribution in [2.45, 2.75) is 37.1 Å². The quantitative estimate of drug-likeness (QED) is 0.639. The van der Waals surface area contributed by atoms with E-state index in [0.717, 1.165) is 0 Å². The first-order valence-electron chi connectivity index (χ1n) is 5.11. The number of fused-ring (bicyclic) bond motifs is 2. The minimum atomic E-state index is 0.366. The molecule has 0 aromatic heterocycles. The Bertz CT molecular complexity index is 352. The van der Waals surface area contributed by atoms with Crippen LogP contribution in [0.25, 0.3) is 0 Å². The molecule has 2 unspecified atom stereocenters. The van der Waals surface area contributed by atoms with Crippen LogP contribution >= 0.6 is 0 Å². The maximum atomic E-state index is 6.27. The highest BCUT2D eigenvalue weighted by Gasteiger charge is 2.56. The van der Waals surface area contributed by atoms with E-state index in [9.17, 15) is 0 Å². The first-order valence-corrected chi connectivity index (χ1v) is 5.11. The first kappa shape index (κ1) is 7.57. The van der Waals surface area contributed by atoms with Gasteiger partial charge in [-0.2, -0.15) is 0 Å². The fourth-order valence-electron chi connectivity index (χ4n) is 2.94. The molecule has 2 aliphatic carbocycles. The lowest BCUT2D eigenvalue weighted by Crippen LogP contribution is -2.32. The van der Waals surface area contributed by atoms with Gasteiger partial charge in [-0.05, 0) is 29.9 Å². The molecule has 1 aromatic rings. The zero-order valence-electron chi connectivity index (χ0n) is 7.96. The van der Waals surface area contributed by atoms with E-state index in [-0.39, 0.29) is 0 Å². The smallest absolute Gasteiger partial charge is 0.0203 e. The molecule has 0 radical (unpaired) electrons. The van der Waals surface area contributed by atoms with Crippen molar-refractivity contribution in [3.05, 3.63) is 35.4 Å². The Morgan fingerprint density at radius 3 is 2.69 bits per heavy atom. The summed E-state index contributed by atoms with van der Waals surface area (Å²) in [6, 6.07) is 9.15. The highest BCUT2D eigenvalue weighted by molar-refractivity contribution is 5.49. The molecule has 0 heterocycles. The van der Waals surface area contributed by atoms with Crippen molar-refractivity contribution >= 4 is 0 Å². The molecule has 0 saturated heterocycles. The molecule has 3 rings (SSSR count). The Kier molecular flexibility index (Phi) is 1.26. The van der Waals surface area contributed by atoms with E-state index in [0.29, 0.717) is 17.4 Å². The summed E-state index contributed by atoms with van der Waals surface area (Å²) in [6.07, 6.45) is 2.60. The third-order valence-electron chi connectivity index (χ3n) is 3.95. The van der Waals surface area contributed by atoms with Crippen LogP contribution in [0.4, 0.5) is 0 Å². The van der Waals surface area contributed by atoms with Gasteiger partial charge in [0.25, 0.3) is 0 Å². The monoisotopic (exact) mass is 173 g/mol. The standard InChI is InChI=1S/C12H15N/c1-8-9-4-2-3-5-10(9)12(6-7-12)11(8)13/h2-5,8,11H,6-7,13H2,1H3. The van der Waals surface area contributed by atoms with Gasteiger partial charge in [-0.1, -0.05) is 31.2 Å². The highest BCUT2D eigenvalue weighted by atomic mass is 14.8. The fraction of sp³-hybridized carbons (Fsp3) is 0.500. The van der Waals surface area contributed by atoms with Gasteiger partial charge in [-0.15, -0.1) is 0 Å². The molecule has 1 heteroatoms. The second kappa shape index (κ2) is 2.16. The molecule has 13 heavy (non-hydrogen) atoms. The predicted molar refractivity (Wildman–Crippen MR) is 53.7 cm³/mol. The third-order valence-corrected chi connectivity index (χ3v) is 3.95. The van der Waals surface area contributed by atoms with Crippen LogP contribution in [0.15, 0.2) is 24.3 Å². The van der Waals surface area contributed by atoms with Crippen molar-refractivity contribution in [2.24, 2.45) is 5.73 Å². The molecule has 1 saturated carbocycles. The normalized spacial score (nSPS) is 33.4. The van der Waals surface area contributed by atoms with Gasteiger partial charge in [-0.25, -0.2) is 0 Å². The molecule has 0 aliphatic heterocycles. The maximum absolute atomic E-state index is 6.27. The van der Waals surface area contributed by atoms with Gasteiger partial charge in [0.05, 0.1) is 0 Å². The zero-order valence-corrected chi connectivity index (χ0v) is 7.96. The molecule has 1 aromatic carbocycles. The van der Waals surface area contributed by atoms with Crippen LogP contribution in [-0.4, -0.2) is 6.04 Å². The van der Waals surface area contributed by atoms with Crippen molar-refractivity contribution in [3.8, 4) is 0 Å². The summed E-state index contributed by atoms with van der Waals surface area (Å²) in [4.78, 5) is 0. The zero-order chi connectivity index (χ0) is 9.05. The lowest BCUT2D eigenvalue weighted by atomic mass is 9.94. The Morgan fingerprint density at radius 1 is 1.31 bits per heavy atom. The van der Waals surface area contributed by atoms with Crippen LogP contribution in [0.3, 0.4) is 0 Å². The van der Waals surface area contributed by atoms with Crippen molar-refractivity contribution in [1.29, 1.82) is 0 Å². The summed E-state index contributed by atoms with van der Waals surface area (Å²) >= 11 is 0. The van der Waals surface area contributed by atoms with Crippen molar-refractivity contribution < 1.29 is 0 Å². The Labute approximate surface area is 78.9 Å². The summed E-state index contributed by atoms with van der Waals surface area (Å²) in [5, 5.41) is 0. The van der Waals surface area contributed by atoms with E-state index >= 15 is 0 Å². The topological polar surface area (TPSA) is 26.0 Å². The number of hydrogen-bond acceptors (Lipinski definition) is 1. The second-order valence-electron chi connectivity index (χ2n) is 4.56. The lowest BCUT2D eigenvalue weighted by Gasteiger charge is -2.17. The van der Waals surface area contributed by atoms with Crippen LogP contribution in [0.1, 0.15) is 36.8 Å². The second-order valence-corrected chi connectivity index (χ2v) is 4.56. The Balaban J connectivity index is 2.22. The highest BCUT2D eigenvalue weighted by Crippen LogP contribution is 2.59. The summed E-state index contributed by atoms with van der Waals surface area (Å²) in [5.74, 6) is 0.554. The van der Waals surface area contributed by atoms with Gasteiger partial charge in [0.15, 0.2) is 0 Å². The molecule has 1 spiro atoms. The van der Waals surface area contributed by atoms with Crippen LogP contribution in [0.5, 0.6) is 0 Å². The summed E-state index contributed by atoms with van der Waals surface area (Å²) in [5.41, 5.74) is 9.68. The van der Waals surface area contributed by atoms with Crippen LogP contribution in [0.2, 0.25) is 0 Å². The van der Waals surface area contributed by atoms with Crippen LogP contribution in [0, 0.1) is 0 Å². The SMILES string of the molecule is CC1c2ccccc2C2(CC2)C1N. The third kappa shape index (κ3) is 0.761. The first-order chi connectivity index (χ1) is 6.26. The van der Waals surface area contributed by atoms with E-state index in [1.807, 2.05) is 0 Å². The largest absolute Gasteiger partial charge is 0.326 e. The van der Waals surface area contributed by atoms with Crippen LogP contribution < -0.4 is 5.73 Å².